The number of hydrogen-bond donors (Lipinski definition) is 1. The maximum absolute atomic E-state index is 13.7. The monoisotopic (exact) mass is 409 g/mol. The highest BCUT2D eigenvalue weighted by molar-refractivity contribution is 7.98. The van der Waals surface area contributed by atoms with Gasteiger partial charge >= 0.3 is 0 Å². The first-order chi connectivity index (χ1) is 12.8. The van der Waals surface area contributed by atoms with E-state index in [0.717, 1.165) is 16.9 Å². The van der Waals surface area contributed by atoms with Crippen LogP contribution in [-0.4, -0.2) is 25.3 Å². The molecule has 0 aliphatic heterocycles. The first kappa shape index (κ1) is 21.6. The van der Waals surface area contributed by atoms with Crippen molar-refractivity contribution in [1.82, 2.24) is 5.32 Å². The van der Waals surface area contributed by atoms with Crippen LogP contribution >= 0.6 is 23.4 Å². The Morgan fingerprint density at radius 1 is 1.33 bits per heavy atom. The fourth-order valence-electron chi connectivity index (χ4n) is 2.75. The van der Waals surface area contributed by atoms with Crippen molar-refractivity contribution in [2.24, 2.45) is 0 Å². The van der Waals surface area contributed by atoms with E-state index in [4.69, 9.17) is 16.3 Å². The molecule has 27 heavy (non-hydrogen) atoms. The van der Waals surface area contributed by atoms with Crippen LogP contribution in [0.2, 0.25) is 5.02 Å². The van der Waals surface area contributed by atoms with Crippen molar-refractivity contribution in [1.29, 1.82) is 0 Å². The lowest BCUT2D eigenvalue weighted by Gasteiger charge is -2.16. The number of benzene rings is 2. The van der Waals surface area contributed by atoms with E-state index >= 15 is 0 Å². The smallest absolute Gasteiger partial charge is 0.251 e. The average Bonchev–Trinajstić information content (AvgIpc) is 2.62. The van der Waals surface area contributed by atoms with E-state index in [1.54, 1.807) is 19.2 Å². The Hall–Kier alpha value is -1.72. The molecule has 0 saturated carbocycles. The van der Waals surface area contributed by atoms with E-state index < -0.39 is 0 Å². The van der Waals surface area contributed by atoms with Gasteiger partial charge in [-0.3, -0.25) is 4.79 Å². The number of hydrogen-bond acceptors (Lipinski definition) is 3. The lowest BCUT2D eigenvalue weighted by atomic mass is 9.96. The molecule has 0 heterocycles. The first-order valence-electron chi connectivity index (χ1n) is 8.82. The molecule has 0 unspecified atom stereocenters. The standard InChI is InChI=1S/C21H25ClFNO2S/c1-13(2)15-11-16(14(3)10-20(15)26-4)21(25)24-8-9-27-12-17-18(22)6-5-7-19(17)23/h5-7,10-11,13H,8-9,12H2,1-4H3,(H,24,25). The number of nitrogens with one attached hydrogen (secondary N) is 1. The molecule has 0 fully saturated rings. The van der Waals surface area contributed by atoms with Crippen LogP contribution in [0.4, 0.5) is 4.39 Å². The van der Waals surface area contributed by atoms with Gasteiger partial charge in [0.25, 0.3) is 5.91 Å². The van der Waals surface area contributed by atoms with Gasteiger partial charge in [0.2, 0.25) is 0 Å². The van der Waals surface area contributed by atoms with Gasteiger partial charge in [-0.05, 0) is 48.2 Å². The van der Waals surface area contributed by atoms with Crippen LogP contribution in [0.15, 0.2) is 30.3 Å². The summed E-state index contributed by atoms with van der Waals surface area (Å²) >= 11 is 7.55. The SMILES string of the molecule is COc1cc(C)c(C(=O)NCCSCc2c(F)cccc2Cl)cc1C(C)C. The fourth-order valence-corrected chi connectivity index (χ4v) is 3.94. The molecular formula is C21H25ClFNO2S. The van der Waals surface area contributed by atoms with Crippen molar-refractivity contribution < 1.29 is 13.9 Å². The van der Waals surface area contributed by atoms with Crippen LogP contribution in [0, 0.1) is 12.7 Å². The van der Waals surface area contributed by atoms with Crippen molar-refractivity contribution in [3.63, 3.8) is 0 Å². The van der Waals surface area contributed by atoms with Crippen LogP contribution in [0.25, 0.3) is 0 Å². The second kappa shape index (κ2) is 10.00. The molecule has 2 aromatic rings. The summed E-state index contributed by atoms with van der Waals surface area (Å²) in [6.07, 6.45) is 0. The molecule has 0 atom stereocenters. The average molecular weight is 410 g/mol. The predicted octanol–water partition coefficient (Wildman–Crippen LogP) is 5.58. The van der Waals surface area contributed by atoms with E-state index in [1.807, 2.05) is 19.1 Å². The highest BCUT2D eigenvalue weighted by Crippen LogP contribution is 2.29. The lowest BCUT2D eigenvalue weighted by Crippen LogP contribution is -2.26. The van der Waals surface area contributed by atoms with Crippen molar-refractivity contribution >= 4 is 29.3 Å². The van der Waals surface area contributed by atoms with Gasteiger partial charge in [0.15, 0.2) is 0 Å². The van der Waals surface area contributed by atoms with Crippen LogP contribution in [0.3, 0.4) is 0 Å². The summed E-state index contributed by atoms with van der Waals surface area (Å²) < 4.78 is 19.2. The summed E-state index contributed by atoms with van der Waals surface area (Å²) in [4.78, 5) is 12.5. The Morgan fingerprint density at radius 3 is 2.70 bits per heavy atom. The van der Waals surface area contributed by atoms with Gasteiger partial charge in [0.05, 0.1) is 7.11 Å². The van der Waals surface area contributed by atoms with E-state index in [0.29, 0.717) is 34.2 Å². The van der Waals surface area contributed by atoms with Crippen LogP contribution < -0.4 is 10.1 Å². The molecule has 0 aromatic heterocycles. The Morgan fingerprint density at radius 2 is 2.07 bits per heavy atom. The molecule has 2 rings (SSSR count). The Labute approximate surface area is 169 Å². The second-order valence-corrected chi connectivity index (χ2v) is 8.08. The molecule has 0 spiro atoms. The minimum Gasteiger partial charge on any atom is -0.496 e. The number of amides is 1. The van der Waals surface area contributed by atoms with Gasteiger partial charge in [0.1, 0.15) is 11.6 Å². The fraction of sp³-hybridized carbons (Fsp3) is 0.381. The molecular weight excluding hydrogens is 385 g/mol. The maximum atomic E-state index is 13.7. The third kappa shape index (κ3) is 5.63. The summed E-state index contributed by atoms with van der Waals surface area (Å²) in [5, 5.41) is 3.36. The van der Waals surface area contributed by atoms with Crippen molar-refractivity contribution in [2.45, 2.75) is 32.4 Å². The number of carbonyl (C=O) groups excluding carboxylic acids is 1. The Kier molecular flexibility index (Phi) is 7.99. The predicted molar refractivity (Wildman–Crippen MR) is 112 cm³/mol. The first-order valence-corrected chi connectivity index (χ1v) is 10.4. The van der Waals surface area contributed by atoms with Gasteiger partial charge in [-0.15, -0.1) is 0 Å². The van der Waals surface area contributed by atoms with Gasteiger partial charge in [0, 0.05) is 34.2 Å². The normalized spacial score (nSPS) is 10.9. The quantitative estimate of drug-likeness (QED) is 0.578. The minimum atomic E-state index is -0.297. The second-order valence-electron chi connectivity index (χ2n) is 6.57. The maximum Gasteiger partial charge on any atom is 0.251 e. The van der Waals surface area contributed by atoms with Gasteiger partial charge in [-0.2, -0.15) is 11.8 Å². The van der Waals surface area contributed by atoms with Crippen molar-refractivity contribution in [2.75, 3.05) is 19.4 Å². The Balaban J connectivity index is 1.91. The van der Waals surface area contributed by atoms with Crippen LogP contribution in [-0.2, 0) is 5.75 Å². The zero-order valence-electron chi connectivity index (χ0n) is 16.1. The molecule has 0 saturated heterocycles. The summed E-state index contributed by atoms with van der Waals surface area (Å²) in [5.41, 5.74) is 3.04. The third-order valence-electron chi connectivity index (χ3n) is 4.28. The summed E-state index contributed by atoms with van der Waals surface area (Å²) in [6.45, 7) is 6.53. The van der Waals surface area contributed by atoms with E-state index in [-0.39, 0.29) is 17.6 Å². The van der Waals surface area contributed by atoms with E-state index in [2.05, 4.69) is 19.2 Å². The molecule has 0 bridgehead atoms. The largest absolute Gasteiger partial charge is 0.496 e. The highest BCUT2D eigenvalue weighted by atomic mass is 35.5. The van der Waals surface area contributed by atoms with Crippen molar-refractivity contribution in [3.8, 4) is 5.75 Å². The number of thioether (sulfide) groups is 1. The molecule has 6 heteroatoms. The summed E-state index contributed by atoms with van der Waals surface area (Å²) in [6, 6.07) is 8.48. The molecule has 0 aliphatic rings. The Bertz CT molecular complexity index is 791. The number of halogens is 2. The number of ether oxygens (including phenoxy) is 1. The minimum absolute atomic E-state index is 0.110. The summed E-state index contributed by atoms with van der Waals surface area (Å²) in [7, 11) is 1.64. The molecule has 0 aliphatic carbocycles. The molecule has 3 nitrogen and oxygen atoms in total. The van der Waals surface area contributed by atoms with Crippen molar-refractivity contribution in [3.05, 3.63) is 63.4 Å². The lowest BCUT2D eigenvalue weighted by molar-refractivity contribution is 0.0955. The number of rotatable bonds is 8. The number of methoxy groups -OCH3 is 1. The molecule has 1 amide bonds. The molecule has 2 aromatic carbocycles. The zero-order chi connectivity index (χ0) is 20.0. The number of carbonyl (C=O) groups is 1. The molecule has 1 N–H and O–H groups in total. The van der Waals surface area contributed by atoms with Crippen LogP contribution in [0.1, 0.15) is 46.8 Å². The molecule has 146 valence electrons. The third-order valence-corrected chi connectivity index (χ3v) is 5.62. The number of aryl methyl sites for hydroxylation is 1. The van der Waals surface area contributed by atoms with Gasteiger partial charge in [-0.25, -0.2) is 4.39 Å². The van der Waals surface area contributed by atoms with E-state index in [1.165, 1.54) is 17.8 Å². The highest BCUT2D eigenvalue weighted by Gasteiger charge is 2.15. The topological polar surface area (TPSA) is 38.3 Å². The van der Waals surface area contributed by atoms with Gasteiger partial charge in [-0.1, -0.05) is 31.5 Å². The summed E-state index contributed by atoms with van der Waals surface area (Å²) in [5.74, 6) is 1.79. The van der Waals surface area contributed by atoms with E-state index in [9.17, 15) is 9.18 Å². The molecule has 0 radical (unpaired) electrons. The van der Waals surface area contributed by atoms with Crippen LogP contribution in [0.5, 0.6) is 5.75 Å². The zero-order valence-corrected chi connectivity index (χ0v) is 17.6. The van der Waals surface area contributed by atoms with Gasteiger partial charge < -0.3 is 10.1 Å².